The lowest BCUT2D eigenvalue weighted by Gasteiger charge is -2.16. The SMILES string of the molecule is CCCn1ccnc1CC(NN)c1cc(C)oc1C. The molecular formula is C14H22N4O. The third-order valence-corrected chi connectivity index (χ3v) is 3.31. The molecule has 0 aromatic carbocycles. The van der Waals surface area contributed by atoms with Gasteiger partial charge in [-0.05, 0) is 26.3 Å². The fourth-order valence-corrected chi connectivity index (χ4v) is 2.41. The van der Waals surface area contributed by atoms with Crippen LogP contribution in [0, 0.1) is 13.8 Å². The van der Waals surface area contributed by atoms with Crippen molar-refractivity contribution in [1.29, 1.82) is 0 Å². The standard InChI is InChI=1S/C14H22N4O/c1-4-6-18-7-5-16-14(18)9-13(17-15)12-8-10(2)19-11(12)3/h5,7-8,13,17H,4,6,9,15H2,1-3H3. The van der Waals surface area contributed by atoms with Crippen LogP contribution < -0.4 is 11.3 Å². The summed E-state index contributed by atoms with van der Waals surface area (Å²) in [4.78, 5) is 4.42. The highest BCUT2D eigenvalue weighted by molar-refractivity contribution is 5.25. The van der Waals surface area contributed by atoms with Crippen molar-refractivity contribution in [3.8, 4) is 0 Å². The number of aromatic nitrogens is 2. The molecule has 19 heavy (non-hydrogen) atoms. The maximum atomic E-state index is 5.69. The summed E-state index contributed by atoms with van der Waals surface area (Å²) in [5.41, 5.74) is 3.97. The predicted molar refractivity (Wildman–Crippen MR) is 74.5 cm³/mol. The van der Waals surface area contributed by atoms with Gasteiger partial charge in [-0.2, -0.15) is 0 Å². The van der Waals surface area contributed by atoms with Crippen LogP contribution in [0.1, 0.15) is 42.3 Å². The van der Waals surface area contributed by atoms with Crippen molar-refractivity contribution >= 4 is 0 Å². The Labute approximate surface area is 113 Å². The van der Waals surface area contributed by atoms with Crippen LogP contribution in [0.15, 0.2) is 22.9 Å². The first-order valence-corrected chi connectivity index (χ1v) is 6.68. The summed E-state index contributed by atoms with van der Waals surface area (Å²) >= 11 is 0. The third kappa shape index (κ3) is 3.05. The molecule has 0 radical (unpaired) electrons. The van der Waals surface area contributed by atoms with E-state index >= 15 is 0 Å². The van der Waals surface area contributed by atoms with Crippen LogP contribution in [-0.2, 0) is 13.0 Å². The van der Waals surface area contributed by atoms with Crippen LogP contribution in [0.5, 0.6) is 0 Å². The van der Waals surface area contributed by atoms with Crippen molar-refractivity contribution in [1.82, 2.24) is 15.0 Å². The van der Waals surface area contributed by atoms with Crippen LogP contribution in [-0.4, -0.2) is 9.55 Å². The Kier molecular flexibility index (Phi) is 4.39. The van der Waals surface area contributed by atoms with Gasteiger partial charge in [0, 0.05) is 30.9 Å². The highest BCUT2D eigenvalue weighted by Gasteiger charge is 2.18. The fourth-order valence-electron chi connectivity index (χ4n) is 2.41. The molecule has 0 aliphatic carbocycles. The van der Waals surface area contributed by atoms with Gasteiger partial charge in [0.2, 0.25) is 0 Å². The van der Waals surface area contributed by atoms with Crippen molar-refractivity contribution in [2.45, 2.75) is 46.2 Å². The van der Waals surface area contributed by atoms with Crippen molar-refractivity contribution in [3.63, 3.8) is 0 Å². The van der Waals surface area contributed by atoms with E-state index in [1.807, 2.05) is 32.3 Å². The average Bonchev–Trinajstić information content (AvgIpc) is 2.94. The molecule has 2 aromatic heterocycles. The number of hydrazine groups is 1. The van der Waals surface area contributed by atoms with Crippen LogP contribution in [0.25, 0.3) is 0 Å². The molecule has 0 bridgehead atoms. The lowest BCUT2D eigenvalue weighted by molar-refractivity contribution is 0.477. The Hall–Kier alpha value is -1.59. The van der Waals surface area contributed by atoms with Crippen molar-refractivity contribution in [2.75, 3.05) is 0 Å². The molecular weight excluding hydrogens is 240 g/mol. The van der Waals surface area contributed by atoms with Gasteiger partial charge in [0.15, 0.2) is 0 Å². The smallest absolute Gasteiger partial charge is 0.110 e. The van der Waals surface area contributed by atoms with Gasteiger partial charge in [-0.1, -0.05) is 6.92 Å². The molecule has 2 rings (SSSR count). The molecule has 0 fully saturated rings. The van der Waals surface area contributed by atoms with E-state index in [0.29, 0.717) is 0 Å². The number of hydrogen-bond acceptors (Lipinski definition) is 4. The minimum atomic E-state index is 0.0236. The first-order chi connectivity index (χ1) is 9.15. The van der Waals surface area contributed by atoms with Gasteiger partial charge < -0.3 is 8.98 Å². The van der Waals surface area contributed by atoms with Crippen LogP contribution >= 0.6 is 0 Å². The van der Waals surface area contributed by atoms with E-state index in [2.05, 4.69) is 21.9 Å². The second-order valence-corrected chi connectivity index (χ2v) is 4.83. The van der Waals surface area contributed by atoms with Crippen molar-refractivity contribution in [2.24, 2.45) is 5.84 Å². The summed E-state index contributed by atoms with van der Waals surface area (Å²) in [5, 5.41) is 0. The largest absolute Gasteiger partial charge is 0.466 e. The van der Waals surface area contributed by atoms with Crippen LogP contribution in [0.3, 0.4) is 0 Å². The summed E-state index contributed by atoms with van der Waals surface area (Å²) < 4.78 is 7.74. The van der Waals surface area contributed by atoms with Gasteiger partial charge in [-0.25, -0.2) is 4.98 Å². The fraction of sp³-hybridized carbons (Fsp3) is 0.500. The van der Waals surface area contributed by atoms with Gasteiger partial charge in [0.05, 0.1) is 6.04 Å². The Morgan fingerprint density at radius 3 is 2.84 bits per heavy atom. The average molecular weight is 262 g/mol. The normalized spacial score (nSPS) is 12.8. The molecule has 2 heterocycles. The minimum Gasteiger partial charge on any atom is -0.466 e. The molecule has 0 saturated carbocycles. The Bertz CT molecular complexity index is 529. The lowest BCUT2D eigenvalue weighted by Crippen LogP contribution is -2.30. The third-order valence-electron chi connectivity index (χ3n) is 3.31. The molecule has 1 atom stereocenters. The van der Waals surface area contributed by atoms with Gasteiger partial charge in [-0.15, -0.1) is 0 Å². The van der Waals surface area contributed by atoms with Crippen molar-refractivity contribution in [3.05, 3.63) is 41.4 Å². The molecule has 3 N–H and O–H groups in total. The second kappa shape index (κ2) is 6.04. The monoisotopic (exact) mass is 262 g/mol. The summed E-state index contributed by atoms with van der Waals surface area (Å²) in [6.07, 6.45) is 5.70. The zero-order valence-electron chi connectivity index (χ0n) is 11.8. The highest BCUT2D eigenvalue weighted by Crippen LogP contribution is 2.23. The maximum Gasteiger partial charge on any atom is 0.110 e. The summed E-state index contributed by atoms with van der Waals surface area (Å²) in [7, 11) is 0. The van der Waals surface area contributed by atoms with Gasteiger partial charge in [0.1, 0.15) is 17.3 Å². The zero-order chi connectivity index (χ0) is 13.8. The quantitative estimate of drug-likeness (QED) is 0.619. The highest BCUT2D eigenvalue weighted by atomic mass is 16.3. The van der Waals surface area contributed by atoms with Crippen LogP contribution in [0.4, 0.5) is 0 Å². The number of aryl methyl sites for hydroxylation is 3. The first kappa shape index (κ1) is 13.8. The molecule has 0 amide bonds. The molecule has 0 aliphatic heterocycles. The Balaban J connectivity index is 2.19. The molecule has 1 unspecified atom stereocenters. The second-order valence-electron chi connectivity index (χ2n) is 4.83. The Morgan fingerprint density at radius 1 is 1.47 bits per heavy atom. The molecule has 2 aromatic rings. The summed E-state index contributed by atoms with van der Waals surface area (Å²) in [5.74, 6) is 8.56. The van der Waals surface area contributed by atoms with E-state index in [4.69, 9.17) is 10.3 Å². The van der Waals surface area contributed by atoms with E-state index in [0.717, 1.165) is 42.3 Å². The molecule has 5 nitrogen and oxygen atoms in total. The number of rotatable bonds is 6. The van der Waals surface area contributed by atoms with E-state index in [1.54, 1.807) is 0 Å². The molecule has 104 valence electrons. The zero-order valence-corrected chi connectivity index (χ0v) is 11.8. The number of furan rings is 1. The summed E-state index contributed by atoms with van der Waals surface area (Å²) in [6.45, 7) is 7.05. The van der Waals surface area contributed by atoms with E-state index in [1.165, 1.54) is 0 Å². The number of hydrogen-bond donors (Lipinski definition) is 2. The van der Waals surface area contributed by atoms with E-state index < -0.39 is 0 Å². The van der Waals surface area contributed by atoms with Gasteiger partial charge in [-0.3, -0.25) is 11.3 Å². The molecule has 0 spiro atoms. The minimum absolute atomic E-state index is 0.0236. The predicted octanol–water partition coefficient (Wildman–Crippen LogP) is 2.25. The van der Waals surface area contributed by atoms with Crippen LogP contribution in [0.2, 0.25) is 0 Å². The summed E-state index contributed by atoms with van der Waals surface area (Å²) in [6, 6.07) is 2.06. The van der Waals surface area contributed by atoms with E-state index in [-0.39, 0.29) is 6.04 Å². The van der Waals surface area contributed by atoms with Crippen molar-refractivity contribution < 1.29 is 4.42 Å². The molecule has 0 aliphatic rings. The Morgan fingerprint density at radius 2 is 2.26 bits per heavy atom. The number of nitrogens with zero attached hydrogens (tertiary/aromatic N) is 2. The molecule has 5 heteroatoms. The first-order valence-electron chi connectivity index (χ1n) is 6.68. The van der Waals surface area contributed by atoms with Gasteiger partial charge >= 0.3 is 0 Å². The number of imidazole rings is 1. The maximum absolute atomic E-state index is 5.69. The number of nitrogens with one attached hydrogen (secondary N) is 1. The topological polar surface area (TPSA) is 69.0 Å². The van der Waals surface area contributed by atoms with E-state index in [9.17, 15) is 0 Å². The molecule has 0 saturated heterocycles. The van der Waals surface area contributed by atoms with Gasteiger partial charge in [0.25, 0.3) is 0 Å². The lowest BCUT2D eigenvalue weighted by atomic mass is 10.0. The number of nitrogens with two attached hydrogens (primary N) is 1.